The second-order valence-corrected chi connectivity index (χ2v) is 8.38. The number of hydrogen-bond acceptors (Lipinski definition) is 4. The molecule has 3 atom stereocenters. The molecule has 3 rings (SSSR count). The summed E-state index contributed by atoms with van der Waals surface area (Å²) in [6, 6.07) is 7.84. The Bertz CT molecular complexity index is 1040. The highest BCUT2D eigenvalue weighted by Crippen LogP contribution is 2.34. The lowest BCUT2D eigenvalue weighted by Crippen LogP contribution is -2.57. The fourth-order valence-electron chi connectivity index (χ4n) is 3.76. The van der Waals surface area contributed by atoms with Crippen molar-refractivity contribution in [3.8, 4) is 0 Å². The lowest BCUT2D eigenvalue weighted by molar-refractivity contribution is -0.130. The Morgan fingerprint density at radius 2 is 1.64 bits per heavy atom. The van der Waals surface area contributed by atoms with Crippen LogP contribution in [-0.2, 0) is 20.8 Å². The first kappa shape index (κ1) is 24.3. The third-order valence-corrected chi connectivity index (χ3v) is 5.78. The molecule has 9 heteroatoms. The van der Waals surface area contributed by atoms with Gasteiger partial charge in [0.15, 0.2) is 0 Å². The predicted octanol–water partition coefficient (Wildman–Crippen LogP) is 2.61. The minimum Gasteiger partial charge on any atom is -0.343 e. The molecular weight excluding hydrogens is 430 g/mol. The fourth-order valence-corrected chi connectivity index (χ4v) is 3.76. The Labute approximate surface area is 191 Å². The van der Waals surface area contributed by atoms with E-state index < -0.39 is 47.3 Å². The number of amides is 3. The molecular formula is C24H28F2N4O3. The molecule has 3 amide bonds. The average Bonchev–Trinajstić information content (AvgIpc) is 3.18. The molecule has 7 nitrogen and oxygen atoms in total. The van der Waals surface area contributed by atoms with Gasteiger partial charge >= 0.3 is 0 Å². The van der Waals surface area contributed by atoms with E-state index in [9.17, 15) is 23.2 Å². The van der Waals surface area contributed by atoms with Crippen LogP contribution in [0.4, 0.5) is 20.2 Å². The molecule has 176 valence electrons. The minimum absolute atomic E-state index is 0.176. The SMILES string of the molecule is CNC(C)C(=O)NC(C(=O)N1c2ccccc2CC1C(=O)Nc1c(F)cccc1F)C(C)C. The van der Waals surface area contributed by atoms with Gasteiger partial charge in [-0.1, -0.05) is 38.1 Å². The Morgan fingerprint density at radius 1 is 1.00 bits per heavy atom. The van der Waals surface area contributed by atoms with Crippen LogP contribution in [0.1, 0.15) is 26.3 Å². The zero-order valence-corrected chi connectivity index (χ0v) is 19.0. The van der Waals surface area contributed by atoms with Crippen LogP contribution in [0.5, 0.6) is 0 Å². The summed E-state index contributed by atoms with van der Waals surface area (Å²) in [5.74, 6) is -3.64. The van der Waals surface area contributed by atoms with Crippen LogP contribution in [-0.4, -0.2) is 42.9 Å². The standard InChI is InChI=1S/C24H28F2N4O3/c1-13(2)20(28-22(31)14(3)27-4)24(33)30-18-11-6-5-8-15(18)12-19(30)23(32)29-21-16(25)9-7-10-17(21)26/h5-11,13-14,19-20,27H,12H2,1-4H3,(H,28,31)(H,29,32). The number of benzene rings is 2. The Morgan fingerprint density at radius 3 is 2.24 bits per heavy atom. The smallest absolute Gasteiger partial charge is 0.250 e. The normalized spacial score (nSPS) is 16.8. The van der Waals surface area contributed by atoms with E-state index in [1.54, 1.807) is 52.1 Å². The maximum absolute atomic E-state index is 14.1. The van der Waals surface area contributed by atoms with Crippen molar-refractivity contribution in [1.82, 2.24) is 10.6 Å². The van der Waals surface area contributed by atoms with Gasteiger partial charge in [-0.15, -0.1) is 0 Å². The predicted molar refractivity (Wildman–Crippen MR) is 122 cm³/mol. The Hall–Kier alpha value is -3.33. The Kier molecular flexibility index (Phi) is 7.43. The first-order valence-corrected chi connectivity index (χ1v) is 10.8. The highest BCUT2D eigenvalue weighted by molar-refractivity contribution is 6.09. The maximum Gasteiger partial charge on any atom is 0.250 e. The second kappa shape index (κ2) is 10.1. The van der Waals surface area contributed by atoms with Crippen molar-refractivity contribution >= 4 is 29.1 Å². The molecule has 2 aromatic rings. The average molecular weight is 459 g/mol. The van der Waals surface area contributed by atoms with Crippen molar-refractivity contribution < 1.29 is 23.2 Å². The molecule has 0 spiro atoms. The van der Waals surface area contributed by atoms with Crippen LogP contribution >= 0.6 is 0 Å². The number of carbonyl (C=O) groups is 3. The summed E-state index contributed by atoms with van der Waals surface area (Å²) in [4.78, 5) is 40.6. The van der Waals surface area contributed by atoms with Crippen molar-refractivity contribution in [2.75, 3.05) is 17.3 Å². The minimum atomic E-state index is -1.03. The van der Waals surface area contributed by atoms with Crippen LogP contribution in [0.15, 0.2) is 42.5 Å². The number of nitrogens with zero attached hydrogens (tertiary/aromatic N) is 1. The highest BCUT2D eigenvalue weighted by Gasteiger charge is 2.42. The number of hydrogen-bond donors (Lipinski definition) is 3. The van der Waals surface area contributed by atoms with Gasteiger partial charge in [-0.25, -0.2) is 8.78 Å². The van der Waals surface area contributed by atoms with Crippen molar-refractivity contribution in [1.29, 1.82) is 0 Å². The zero-order valence-electron chi connectivity index (χ0n) is 19.0. The Balaban J connectivity index is 1.94. The fraction of sp³-hybridized carbons (Fsp3) is 0.375. The van der Waals surface area contributed by atoms with Crippen LogP contribution in [0.25, 0.3) is 0 Å². The van der Waals surface area contributed by atoms with Crippen LogP contribution in [0.2, 0.25) is 0 Å². The van der Waals surface area contributed by atoms with Crippen LogP contribution in [0, 0.1) is 17.6 Å². The molecule has 2 aromatic carbocycles. The van der Waals surface area contributed by atoms with Crippen molar-refractivity contribution in [2.24, 2.45) is 5.92 Å². The molecule has 3 unspecified atom stereocenters. The molecule has 1 aliphatic rings. The van der Waals surface area contributed by atoms with Gasteiger partial charge < -0.3 is 16.0 Å². The second-order valence-electron chi connectivity index (χ2n) is 8.38. The summed E-state index contributed by atoms with van der Waals surface area (Å²) in [5.41, 5.74) is 0.707. The van der Waals surface area contributed by atoms with Crippen LogP contribution in [0.3, 0.4) is 0 Å². The third-order valence-electron chi connectivity index (χ3n) is 5.78. The zero-order chi connectivity index (χ0) is 24.3. The molecule has 0 fully saturated rings. The van der Waals surface area contributed by atoms with Crippen molar-refractivity contribution in [2.45, 2.75) is 45.3 Å². The first-order chi connectivity index (χ1) is 15.6. The van der Waals surface area contributed by atoms with Gasteiger partial charge in [-0.2, -0.15) is 0 Å². The molecule has 0 saturated heterocycles. The highest BCUT2D eigenvalue weighted by atomic mass is 19.1. The number of nitrogens with one attached hydrogen (secondary N) is 3. The summed E-state index contributed by atoms with van der Waals surface area (Å²) in [6.07, 6.45) is 0.176. The van der Waals surface area contributed by atoms with E-state index in [1.165, 1.54) is 11.0 Å². The van der Waals surface area contributed by atoms with E-state index in [0.717, 1.165) is 17.7 Å². The maximum atomic E-state index is 14.1. The van der Waals surface area contributed by atoms with Gasteiger partial charge in [-0.05, 0) is 43.7 Å². The van der Waals surface area contributed by atoms with E-state index in [0.29, 0.717) is 5.69 Å². The number of para-hydroxylation sites is 2. The number of fused-ring (bicyclic) bond motifs is 1. The van der Waals surface area contributed by atoms with Gasteiger partial charge in [-0.3, -0.25) is 19.3 Å². The molecule has 0 bridgehead atoms. The molecule has 0 aliphatic carbocycles. The van der Waals surface area contributed by atoms with Crippen LogP contribution < -0.4 is 20.9 Å². The topological polar surface area (TPSA) is 90.5 Å². The van der Waals surface area contributed by atoms with E-state index in [4.69, 9.17) is 0 Å². The summed E-state index contributed by atoms with van der Waals surface area (Å²) in [6.45, 7) is 5.25. The van der Waals surface area contributed by atoms with Gasteiger partial charge in [0.25, 0.3) is 5.91 Å². The molecule has 0 aromatic heterocycles. The lowest BCUT2D eigenvalue weighted by Gasteiger charge is -2.31. The molecule has 1 heterocycles. The van der Waals surface area contributed by atoms with Crippen molar-refractivity contribution in [3.63, 3.8) is 0 Å². The summed E-state index contributed by atoms with van der Waals surface area (Å²) < 4.78 is 28.2. The largest absolute Gasteiger partial charge is 0.343 e. The molecule has 0 saturated carbocycles. The van der Waals surface area contributed by atoms with E-state index >= 15 is 0 Å². The number of anilines is 2. The van der Waals surface area contributed by atoms with E-state index in [1.807, 2.05) is 0 Å². The molecule has 33 heavy (non-hydrogen) atoms. The summed E-state index contributed by atoms with van der Waals surface area (Å²) >= 11 is 0. The first-order valence-electron chi connectivity index (χ1n) is 10.8. The molecule has 3 N–H and O–H groups in total. The number of rotatable bonds is 7. The van der Waals surface area contributed by atoms with Gasteiger partial charge in [0.2, 0.25) is 11.8 Å². The number of carbonyl (C=O) groups excluding carboxylic acids is 3. The number of halogens is 2. The molecule has 1 aliphatic heterocycles. The number of likely N-dealkylation sites (N-methyl/N-ethyl adjacent to an activating group) is 1. The summed E-state index contributed by atoms with van der Waals surface area (Å²) in [7, 11) is 1.63. The molecule has 0 radical (unpaired) electrons. The summed E-state index contributed by atoms with van der Waals surface area (Å²) in [5, 5.41) is 7.88. The quantitative estimate of drug-likeness (QED) is 0.595. The van der Waals surface area contributed by atoms with Gasteiger partial charge in [0.1, 0.15) is 29.4 Å². The van der Waals surface area contributed by atoms with E-state index in [2.05, 4.69) is 16.0 Å². The van der Waals surface area contributed by atoms with Gasteiger partial charge in [0.05, 0.1) is 6.04 Å². The third kappa shape index (κ3) is 5.03. The monoisotopic (exact) mass is 458 g/mol. The van der Waals surface area contributed by atoms with Crippen molar-refractivity contribution in [3.05, 3.63) is 59.7 Å². The van der Waals surface area contributed by atoms with Gasteiger partial charge in [0, 0.05) is 12.1 Å². The lowest BCUT2D eigenvalue weighted by atomic mass is 10.0. The van der Waals surface area contributed by atoms with E-state index in [-0.39, 0.29) is 18.2 Å².